The van der Waals surface area contributed by atoms with E-state index in [4.69, 9.17) is 28.4 Å². The molecule has 1 aliphatic heterocycles. The van der Waals surface area contributed by atoms with E-state index in [1.165, 1.54) is 57.8 Å². The van der Waals surface area contributed by atoms with E-state index < -0.39 is 15.3 Å². The number of sulfone groups is 1. The SMILES string of the molecule is COCCOCCOCCO[C@H](C)[C@@H](CN[C@]12CC[C@@H](C3(C)CC3)[C@@H]1[C@H]1CC[C@@H]3[C@@]4(C)CC[C@H](OC(=O)[C@H]5C[C@@H](C(=O)OCc6ccccc6)C5(C)C)C(C)(C)[C@@H]4CC[C@@]3(C)[C@]1(C)CC2)N1CCS(=O)(=O)CC1. The fraction of sp³-hybridized carbons (Fsp3) is 0.867. The van der Waals surface area contributed by atoms with Crippen LogP contribution in [0.2, 0.25) is 0 Å². The summed E-state index contributed by atoms with van der Waals surface area (Å²) >= 11 is 0. The highest BCUT2D eigenvalue weighted by molar-refractivity contribution is 7.91. The van der Waals surface area contributed by atoms with Crippen LogP contribution in [0.25, 0.3) is 0 Å². The van der Waals surface area contributed by atoms with Gasteiger partial charge in [-0.15, -0.1) is 0 Å². The van der Waals surface area contributed by atoms with Gasteiger partial charge in [0.25, 0.3) is 0 Å². The lowest BCUT2D eigenvalue weighted by atomic mass is 9.32. The van der Waals surface area contributed by atoms with Crippen molar-refractivity contribution in [1.29, 1.82) is 0 Å². The highest BCUT2D eigenvalue weighted by Gasteiger charge is 2.73. The Morgan fingerprint density at radius 3 is 2.04 bits per heavy atom. The van der Waals surface area contributed by atoms with Crippen molar-refractivity contribution in [2.45, 2.75) is 176 Å². The molecule has 0 aromatic heterocycles. The zero-order chi connectivity index (χ0) is 52.2. The molecule has 8 aliphatic rings. The minimum atomic E-state index is -3.03. The molecule has 9 rings (SSSR count). The predicted molar refractivity (Wildman–Crippen MR) is 284 cm³/mol. The molecule has 7 aliphatic carbocycles. The van der Waals surface area contributed by atoms with E-state index in [0.29, 0.717) is 94.2 Å². The van der Waals surface area contributed by atoms with Crippen LogP contribution in [-0.2, 0) is 54.5 Å². The molecule has 1 aromatic rings. The summed E-state index contributed by atoms with van der Waals surface area (Å²) in [5.74, 6) is 2.41. The molecule has 0 spiro atoms. The van der Waals surface area contributed by atoms with E-state index in [1.54, 1.807) is 7.11 Å². The maximum Gasteiger partial charge on any atom is 0.309 e. The van der Waals surface area contributed by atoms with Crippen LogP contribution < -0.4 is 5.32 Å². The Hall–Kier alpha value is -2.13. The van der Waals surface area contributed by atoms with Crippen molar-refractivity contribution in [3.8, 4) is 0 Å². The smallest absolute Gasteiger partial charge is 0.309 e. The van der Waals surface area contributed by atoms with E-state index in [2.05, 4.69) is 58.7 Å². The number of methoxy groups -OCH3 is 1. The van der Waals surface area contributed by atoms with Gasteiger partial charge in [0.15, 0.2) is 9.84 Å². The number of carbonyl (C=O) groups is 2. The molecular formula is C60H96N2O10S. The van der Waals surface area contributed by atoms with Gasteiger partial charge >= 0.3 is 11.9 Å². The lowest BCUT2D eigenvalue weighted by molar-refractivity contribution is -0.250. The van der Waals surface area contributed by atoms with Gasteiger partial charge in [0, 0.05) is 43.7 Å². The Morgan fingerprint density at radius 2 is 1.37 bits per heavy atom. The van der Waals surface area contributed by atoms with Crippen molar-refractivity contribution in [2.75, 3.05) is 77.9 Å². The van der Waals surface area contributed by atoms with Crippen molar-refractivity contribution < 1.29 is 46.4 Å². The second-order valence-corrected chi connectivity index (χ2v) is 29.4. The van der Waals surface area contributed by atoms with Gasteiger partial charge in [-0.05, 0) is 153 Å². The average molecular weight is 1040 g/mol. The summed E-state index contributed by atoms with van der Waals surface area (Å²) in [6, 6.07) is 9.83. The molecule has 12 nitrogen and oxygen atoms in total. The molecule has 0 radical (unpaired) electrons. The van der Waals surface area contributed by atoms with E-state index in [-0.39, 0.29) is 87.3 Å². The van der Waals surface area contributed by atoms with E-state index in [9.17, 15) is 18.0 Å². The Morgan fingerprint density at radius 1 is 0.699 bits per heavy atom. The third-order valence-corrected chi connectivity index (χ3v) is 24.7. The minimum absolute atomic E-state index is 0.0535. The lowest BCUT2D eigenvalue weighted by Crippen LogP contribution is -2.69. The van der Waals surface area contributed by atoms with Crippen LogP contribution in [0.4, 0.5) is 0 Å². The second kappa shape index (κ2) is 21.3. The molecule has 73 heavy (non-hydrogen) atoms. The van der Waals surface area contributed by atoms with Gasteiger partial charge in [0.2, 0.25) is 0 Å². The van der Waals surface area contributed by atoms with Crippen LogP contribution in [-0.4, -0.2) is 127 Å². The molecule has 13 heteroatoms. The Balaban J connectivity index is 0.868. The van der Waals surface area contributed by atoms with Gasteiger partial charge in [0.05, 0.1) is 69.1 Å². The third-order valence-electron chi connectivity index (χ3n) is 23.1. The predicted octanol–water partition coefficient (Wildman–Crippen LogP) is 9.71. The number of ether oxygens (including phenoxy) is 6. The van der Waals surface area contributed by atoms with Crippen LogP contribution in [0.15, 0.2) is 30.3 Å². The van der Waals surface area contributed by atoms with Gasteiger partial charge < -0.3 is 33.7 Å². The fourth-order valence-corrected chi connectivity index (χ4v) is 19.3. The van der Waals surface area contributed by atoms with Crippen molar-refractivity contribution >= 4 is 21.8 Å². The summed E-state index contributed by atoms with van der Waals surface area (Å²) in [5.41, 5.74) is 1.30. The topological polar surface area (TPSA) is 139 Å². The first-order valence-electron chi connectivity index (χ1n) is 28.9. The van der Waals surface area contributed by atoms with Crippen LogP contribution in [0, 0.1) is 73.9 Å². The molecule has 1 saturated heterocycles. The van der Waals surface area contributed by atoms with Gasteiger partial charge in [-0.1, -0.05) is 85.7 Å². The summed E-state index contributed by atoms with van der Waals surface area (Å²) < 4.78 is 60.9. The largest absolute Gasteiger partial charge is 0.462 e. The van der Waals surface area contributed by atoms with Gasteiger partial charge in [0.1, 0.15) is 12.7 Å². The Bertz CT molecular complexity index is 2190. The van der Waals surface area contributed by atoms with Crippen LogP contribution in [0.5, 0.6) is 0 Å². The number of hydrogen-bond donors (Lipinski definition) is 1. The number of esters is 2. The van der Waals surface area contributed by atoms with Crippen molar-refractivity contribution in [1.82, 2.24) is 10.2 Å². The summed E-state index contributed by atoms with van der Waals surface area (Å²) in [6.45, 7) is 27.0. The molecule has 1 N–H and O–H groups in total. The molecule has 412 valence electrons. The molecule has 1 heterocycles. The minimum Gasteiger partial charge on any atom is -0.462 e. The highest BCUT2D eigenvalue weighted by Crippen LogP contribution is 2.78. The van der Waals surface area contributed by atoms with Crippen molar-refractivity contribution in [2.24, 2.45) is 73.9 Å². The summed E-state index contributed by atoms with van der Waals surface area (Å²) in [6.07, 6.45) is 14.7. The first kappa shape index (κ1) is 55.6. The molecule has 0 unspecified atom stereocenters. The Labute approximate surface area is 440 Å². The summed E-state index contributed by atoms with van der Waals surface area (Å²) in [5, 5.41) is 4.43. The first-order valence-corrected chi connectivity index (χ1v) is 30.7. The maximum atomic E-state index is 14.2. The van der Waals surface area contributed by atoms with E-state index in [0.717, 1.165) is 31.4 Å². The first-order chi connectivity index (χ1) is 34.6. The Kier molecular flexibility index (Phi) is 16.2. The summed E-state index contributed by atoms with van der Waals surface area (Å²) in [7, 11) is -1.37. The number of fused-ring (bicyclic) bond motifs is 7. The molecular weight excluding hydrogens is 941 g/mol. The average Bonchev–Trinajstić information content (AvgIpc) is 3.97. The van der Waals surface area contributed by atoms with Crippen molar-refractivity contribution in [3.05, 3.63) is 35.9 Å². The normalized spacial score (nSPS) is 39.6. The number of hydrogen-bond acceptors (Lipinski definition) is 12. The van der Waals surface area contributed by atoms with Gasteiger partial charge in [-0.3, -0.25) is 14.5 Å². The quantitative estimate of drug-likeness (QED) is 0.0927. The number of benzene rings is 1. The van der Waals surface area contributed by atoms with Crippen LogP contribution in [0.1, 0.15) is 151 Å². The number of nitrogens with zero attached hydrogens (tertiary/aromatic N) is 1. The monoisotopic (exact) mass is 1040 g/mol. The number of nitrogens with one attached hydrogen (secondary N) is 1. The molecule has 8 fully saturated rings. The van der Waals surface area contributed by atoms with E-state index in [1.807, 2.05) is 44.2 Å². The van der Waals surface area contributed by atoms with Crippen LogP contribution in [0.3, 0.4) is 0 Å². The second-order valence-electron chi connectivity index (χ2n) is 27.1. The standard InChI is InChI=1S/C60H96N2O10S/c1-41(70-35-34-69-33-32-68-31-30-67-10)47(62-28-36-73(65,66)37-29-62)39-61-60-23-18-43(56(6)24-25-56)51(60)44-16-17-49-57(7)21-20-50(55(4,5)48(57)19-22-59(49,9)58(44,8)26-27-60)72-53(64)46-38-45(54(46,2)3)52(63)71-40-42-14-12-11-13-15-42/h11-15,41,43-51,61H,16-40H2,1-10H3/t41-,43-,44-,45+,46-,47-,48+,49-,50+,51-,57+,58-,59-,60+/m1/s1. The summed E-state index contributed by atoms with van der Waals surface area (Å²) in [4.78, 5) is 29.9. The zero-order valence-electron chi connectivity index (χ0n) is 46.8. The van der Waals surface area contributed by atoms with Crippen molar-refractivity contribution in [3.63, 3.8) is 0 Å². The molecule has 1 aromatic carbocycles. The zero-order valence-corrected chi connectivity index (χ0v) is 47.6. The number of carbonyl (C=O) groups excluding carboxylic acids is 2. The third kappa shape index (κ3) is 10.4. The molecule has 0 bridgehead atoms. The van der Waals surface area contributed by atoms with Gasteiger partial charge in [-0.25, -0.2) is 8.42 Å². The molecule has 7 saturated carbocycles. The maximum absolute atomic E-state index is 14.2. The fourth-order valence-electron chi connectivity index (χ4n) is 18.0. The lowest BCUT2D eigenvalue weighted by Gasteiger charge is -2.73. The molecule has 14 atom stereocenters. The van der Waals surface area contributed by atoms with E-state index >= 15 is 0 Å². The molecule has 0 amide bonds. The number of rotatable bonds is 21. The highest BCUT2D eigenvalue weighted by atomic mass is 32.2. The van der Waals surface area contributed by atoms with Crippen LogP contribution >= 0.6 is 0 Å². The van der Waals surface area contributed by atoms with Gasteiger partial charge in [-0.2, -0.15) is 0 Å².